The lowest BCUT2D eigenvalue weighted by Crippen LogP contribution is -2.20. The van der Waals surface area contributed by atoms with Gasteiger partial charge in [-0.25, -0.2) is 4.39 Å². The predicted molar refractivity (Wildman–Crippen MR) is 134 cm³/mol. The van der Waals surface area contributed by atoms with Crippen molar-refractivity contribution in [3.63, 3.8) is 0 Å². The van der Waals surface area contributed by atoms with E-state index in [4.69, 9.17) is 4.74 Å². The second-order valence-corrected chi connectivity index (χ2v) is 8.29. The van der Waals surface area contributed by atoms with Crippen LogP contribution in [0.15, 0.2) is 76.8 Å². The van der Waals surface area contributed by atoms with Crippen LogP contribution in [-0.4, -0.2) is 33.3 Å². The largest absolute Gasteiger partial charge is 0.428 e. The van der Waals surface area contributed by atoms with E-state index >= 15 is 0 Å². The van der Waals surface area contributed by atoms with Gasteiger partial charge in [-0.1, -0.05) is 17.9 Å². The Balaban J connectivity index is 1.45. The third kappa shape index (κ3) is 5.32. The second kappa shape index (κ2) is 9.97. The maximum atomic E-state index is 15.0. The number of rotatable bonds is 6. The number of aromatic nitrogens is 4. The fourth-order valence-corrected chi connectivity index (χ4v) is 3.94. The van der Waals surface area contributed by atoms with Gasteiger partial charge in [0.2, 0.25) is 0 Å². The minimum absolute atomic E-state index is 0.0106. The summed E-state index contributed by atoms with van der Waals surface area (Å²) in [5.74, 6) is 1.25. The molecule has 0 atom stereocenters. The first kappa shape index (κ1) is 22.6. The lowest BCUT2D eigenvalue weighted by molar-refractivity contribution is 0.370. The molecule has 0 saturated heterocycles. The number of hydrogen-bond donors (Lipinski definition) is 4. The van der Waals surface area contributed by atoms with E-state index in [0.717, 1.165) is 42.2 Å². The summed E-state index contributed by atoms with van der Waals surface area (Å²) in [5.41, 5.74) is 7.70. The van der Waals surface area contributed by atoms with Gasteiger partial charge in [0.1, 0.15) is 17.4 Å². The Morgan fingerprint density at radius 2 is 2.11 bits per heavy atom. The first-order valence-corrected chi connectivity index (χ1v) is 11.5. The summed E-state index contributed by atoms with van der Waals surface area (Å²) >= 11 is 0. The highest BCUT2D eigenvalue weighted by Crippen LogP contribution is 2.30. The number of halogens is 1. The van der Waals surface area contributed by atoms with E-state index in [9.17, 15) is 4.39 Å². The zero-order chi connectivity index (χ0) is 24.2. The number of nitrogens with zero attached hydrogens (tertiary/aromatic N) is 3. The minimum atomic E-state index is -0.309. The maximum absolute atomic E-state index is 15.0. The maximum Gasteiger partial charge on any atom is 0.324 e. The van der Waals surface area contributed by atoms with Gasteiger partial charge in [0, 0.05) is 29.9 Å². The quantitative estimate of drug-likeness (QED) is 0.450. The van der Waals surface area contributed by atoms with Gasteiger partial charge < -0.3 is 20.7 Å². The van der Waals surface area contributed by atoms with Crippen molar-refractivity contribution in [2.24, 2.45) is 0 Å². The molecular formula is C26H26FN7O. The average molecular weight is 472 g/mol. The molecule has 0 radical (unpaired) electrons. The molecule has 2 aliphatic heterocycles. The molecule has 4 heterocycles. The molecule has 1 aliphatic carbocycles. The van der Waals surface area contributed by atoms with Gasteiger partial charge in [-0.3, -0.25) is 5.10 Å². The molecular weight excluding hydrogens is 445 g/mol. The van der Waals surface area contributed by atoms with Crippen LogP contribution in [0.4, 0.5) is 16.0 Å². The molecule has 0 fully saturated rings. The summed E-state index contributed by atoms with van der Waals surface area (Å²) in [7, 11) is 0. The number of hydrogen-bond acceptors (Lipinski definition) is 7. The number of ether oxygens (including phenoxy) is 1. The Labute approximate surface area is 202 Å². The van der Waals surface area contributed by atoms with E-state index in [1.54, 1.807) is 18.2 Å². The SMILES string of the molecule is C/C=C/c1cc(Nc2cc(C3=CCNCC3)nc(OC3=CC=C4NC(C)=C=CC4=C(F)C3)n2)n[nH]1. The summed E-state index contributed by atoms with van der Waals surface area (Å²) in [5, 5.41) is 16.9. The number of aromatic amines is 1. The first-order valence-electron chi connectivity index (χ1n) is 11.5. The second-order valence-electron chi connectivity index (χ2n) is 8.29. The van der Waals surface area contributed by atoms with E-state index in [-0.39, 0.29) is 18.3 Å². The van der Waals surface area contributed by atoms with Crippen LogP contribution in [0.1, 0.15) is 38.1 Å². The predicted octanol–water partition coefficient (Wildman–Crippen LogP) is 4.79. The zero-order valence-electron chi connectivity index (χ0n) is 19.6. The number of anilines is 2. The molecule has 0 spiro atoms. The molecule has 3 aliphatic rings. The normalized spacial score (nSPS) is 17.7. The fourth-order valence-electron chi connectivity index (χ4n) is 3.94. The highest BCUT2D eigenvalue weighted by molar-refractivity contribution is 5.67. The topological polar surface area (TPSA) is 99.8 Å². The van der Waals surface area contributed by atoms with Gasteiger partial charge in [-0.15, -0.1) is 0 Å². The lowest BCUT2D eigenvalue weighted by Gasteiger charge is -2.16. The molecule has 4 N–H and O–H groups in total. The fraction of sp³-hybridized carbons (Fsp3) is 0.231. The van der Waals surface area contributed by atoms with Crippen molar-refractivity contribution in [1.29, 1.82) is 0 Å². The van der Waals surface area contributed by atoms with E-state index < -0.39 is 0 Å². The van der Waals surface area contributed by atoms with Crippen LogP contribution in [0.3, 0.4) is 0 Å². The molecule has 0 unspecified atom stereocenters. The van der Waals surface area contributed by atoms with Gasteiger partial charge in [-0.05, 0) is 56.7 Å². The molecule has 0 bridgehead atoms. The van der Waals surface area contributed by atoms with Crippen LogP contribution >= 0.6 is 0 Å². The molecule has 9 heteroatoms. The van der Waals surface area contributed by atoms with Crippen LogP contribution in [-0.2, 0) is 0 Å². The molecule has 2 aromatic rings. The molecule has 0 amide bonds. The Kier molecular flexibility index (Phi) is 6.43. The van der Waals surface area contributed by atoms with Crippen LogP contribution in [0, 0.1) is 0 Å². The smallest absolute Gasteiger partial charge is 0.324 e. The van der Waals surface area contributed by atoms with Crippen LogP contribution in [0.5, 0.6) is 6.01 Å². The van der Waals surface area contributed by atoms with Crippen molar-refractivity contribution >= 4 is 23.3 Å². The van der Waals surface area contributed by atoms with Gasteiger partial charge >= 0.3 is 6.01 Å². The van der Waals surface area contributed by atoms with Gasteiger partial charge in [0.25, 0.3) is 0 Å². The summed E-state index contributed by atoms with van der Waals surface area (Å²) in [6.07, 6.45) is 12.0. The van der Waals surface area contributed by atoms with Crippen LogP contribution < -0.4 is 20.7 Å². The van der Waals surface area contributed by atoms with E-state index in [0.29, 0.717) is 28.7 Å². The number of allylic oxidation sites excluding steroid dienone is 5. The van der Waals surface area contributed by atoms with Gasteiger partial charge in [-0.2, -0.15) is 15.1 Å². The minimum Gasteiger partial charge on any atom is -0.428 e. The standard InChI is InChI=1S/C26H26FN7O/c1-3-4-18-13-25(34-33-18)31-24-15-23(17-9-11-28-12-10-17)30-26(32-24)35-19-6-8-22-20(21(27)14-19)7-5-16(2)29-22/h3-4,6-9,13,15,28-29H,10-12,14H2,1-2H3,(H2,30,31,32,33,34)/b4-3+. The molecule has 8 nitrogen and oxygen atoms in total. The zero-order valence-corrected chi connectivity index (χ0v) is 19.6. The van der Waals surface area contributed by atoms with E-state index in [1.165, 1.54) is 0 Å². The number of H-pyrrole nitrogens is 1. The van der Waals surface area contributed by atoms with Gasteiger partial charge in [0.15, 0.2) is 5.82 Å². The van der Waals surface area contributed by atoms with Crippen molar-refractivity contribution in [3.8, 4) is 6.01 Å². The third-order valence-corrected chi connectivity index (χ3v) is 5.62. The van der Waals surface area contributed by atoms with Crippen molar-refractivity contribution in [1.82, 2.24) is 30.8 Å². The molecule has 5 rings (SSSR count). The molecule has 35 heavy (non-hydrogen) atoms. The third-order valence-electron chi connectivity index (χ3n) is 5.62. The Hall–Kier alpha value is -4.20. The average Bonchev–Trinajstić information content (AvgIpc) is 3.23. The molecule has 0 saturated carbocycles. The number of nitrogens with one attached hydrogen (secondary N) is 4. The number of fused-ring (bicyclic) bond motifs is 1. The summed E-state index contributed by atoms with van der Waals surface area (Å²) in [4.78, 5) is 9.17. The van der Waals surface area contributed by atoms with E-state index in [2.05, 4.69) is 47.9 Å². The van der Waals surface area contributed by atoms with Crippen molar-refractivity contribution in [2.45, 2.75) is 26.7 Å². The molecule has 0 aromatic carbocycles. The molecule has 2 aromatic heterocycles. The van der Waals surface area contributed by atoms with Crippen LogP contribution in [0.25, 0.3) is 11.6 Å². The monoisotopic (exact) mass is 471 g/mol. The van der Waals surface area contributed by atoms with Gasteiger partial charge in [0.05, 0.1) is 23.5 Å². The van der Waals surface area contributed by atoms with E-state index in [1.807, 2.05) is 38.1 Å². The summed E-state index contributed by atoms with van der Waals surface area (Å²) in [6, 6.07) is 3.89. The van der Waals surface area contributed by atoms with Crippen molar-refractivity contribution in [3.05, 3.63) is 88.2 Å². The first-order chi connectivity index (χ1) is 17.1. The van der Waals surface area contributed by atoms with Crippen LogP contribution in [0.2, 0.25) is 0 Å². The summed E-state index contributed by atoms with van der Waals surface area (Å²) in [6.45, 7) is 5.46. The molecule has 178 valence electrons. The highest BCUT2D eigenvalue weighted by Gasteiger charge is 2.20. The van der Waals surface area contributed by atoms with Crippen molar-refractivity contribution < 1.29 is 9.13 Å². The highest BCUT2D eigenvalue weighted by atomic mass is 19.1. The lowest BCUT2D eigenvalue weighted by atomic mass is 10.1. The Morgan fingerprint density at radius 1 is 1.20 bits per heavy atom. The Morgan fingerprint density at radius 3 is 2.94 bits per heavy atom. The van der Waals surface area contributed by atoms with Crippen molar-refractivity contribution in [2.75, 3.05) is 18.4 Å². The summed E-state index contributed by atoms with van der Waals surface area (Å²) < 4.78 is 21.0. The Bertz CT molecular complexity index is 1370.